The number of hydrogen-bond donors (Lipinski definition) is 0. The lowest BCUT2D eigenvalue weighted by atomic mass is 10.2. The number of hydrogen-bond acceptors (Lipinski definition) is 7. The van der Waals surface area contributed by atoms with Crippen molar-refractivity contribution in [2.45, 2.75) is 0 Å². The number of ether oxygens (including phenoxy) is 3. The minimum atomic E-state index is -0.682. The maximum atomic E-state index is 13.2. The van der Waals surface area contributed by atoms with E-state index in [4.69, 9.17) is 14.2 Å². The summed E-state index contributed by atoms with van der Waals surface area (Å²) < 4.78 is 18.3. The van der Waals surface area contributed by atoms with E-state index >= 15 is 0 Å². The van der Waals surface area contributed by atoms with Crippen LogP contribution < -0.4 is 24.5 Å². The molecule has 0 atom stereocenters. The second-order valence-electron chi connectivity index (χ2n) is 6.26. The highest BCUT2D eigenvalue weighted by atomic mass is 16.5. The molecule has 29 heavy (non-hydrogen) atoms. The average molecular weight is 394 g/mol. The standard InChI is InChI=1S/C20H18N4O5/c1-23-12-10-13(27-2)16(28-3)17(29-4)14(12)24(26)15-19(23)21-18(22-20(15)25)11-8-6-5-7-9-11/h5-10H,1-4H3. The summed E-state index contributed by atoms with van der Waals surface area (Å²) in [5.74, 6) is 1.22. The van der Waals surface area contributed by atoms with Crippen LogP contribution in [-0.4, -0.2) is 35.9 Å². The molecule has 0 bridgehead atoms. The monoisotopic (exact) mass is 394 g/mol. The number of rotatable bonds is 4. The SMILES string of the molecule is COc1cc2c(c(OC)c1OC)[n+]([O-])c1c(=O)nc(-c3ccccc3)nc-1n2C. The average Bonchev–Trinajstić information content (AvgIpc) is 2.75. The lowest BCUT2D eigenvalue weighted by Gasteiger charge is -2.19. The normalized spacial score (nSPS) is 11.0. The van der Waals surface area contributed by atoms with Gasteiger partial charge in [0.1, 0.15) is 5.52 Å². The highest BCUT2D eigenvalue weighted by molar-refractivity contribution is 5.87. The van der Waals surface area contributed by atoms with Gasteiger partial charge in [0.2, 0.25) is 17.3 Å². The summed E-state index contributed by atoms with van der Waals surface area (Å²) >= 11 is 0. The van der Waals surface area contributed by atoms with Crippen molar-refractivity contribution >= 4 is 11.0 Å². The molecule has 0 aromatic heterocycles. The molecule has 0 fully saturated rings. The largest absolute Gasteiger partial charge is 0.617 e. The number of aryl methyl sites for hydroxylation is 1. The van der Waals surface area contributed by atoms with Crippen LogP contribution in [0.5, 0.6) is 17.2 Å². The smallest absolute Gasteiger partial charge is 0.349 e. The molecule has 0 saturated heterocycles. The van der Waals surface area contributed by atoms with Crippen LogP contribution in [0.25, 0.3) is 33.9 Å². The predicted octanol–water partition coefficient (Wildman–Crippen LogP) is 1.76. The van der Waals surface area contributed by atoms with Crippen LogP contribution in [0, 0.1) is 5.21 Å². The van der Waals surface area contributed by atoms with Crippen LogP contribution in [0.2, 0.25) is 0 Å². The maximum Gasteiger partial charge on any atom is 0.349 e. The van der Waals surface area contributed by atoms with Crippen LogP contribution in [-0.2, 0) is 7.05 Å². The van der Waals surface area contributed by atoms with Gasteiger partial charge in [-0.2, -0.15) is 9.71 Å². The highest BCUT2D eigenvalue weighted by Crippen LogP contribution is 2.42. The Bertz CT molecular complexity index is 1250. The second-order valence-corrected chi connectivity index (χ2v) is 6.26. The lowest BCUT2D eigenvalue weighted by molar-refractivity contribution is -0.567. The zero-order chi connectivity index (χ0) is 20.7. The van der Waals surface area contributed by atoms with Crippen molar-refractivity contribution in [1.82, 2.24) is 14.5 Å². The summed E-state index contributed by atoms with van der Waals surface area (Å²) in [6, 6.07) is 10.7. The summed E-state index contributed by atoms with van der Waals surface area (Å²) in [7, 11) is 6.04. The molecule has 0 N–H and O–H groups in total. The molecule has 0 aliphatic carbocycles. The van der Waals surface area contributed by atoms with Crippen LogP contribution in [0.1, 0.15) is 0 Å². The first kappa shape index (κ1) is 18.5. The second kappa shape index (κ2) is 6.93. The predicted molar refractivity (Wildman–Crippen MR) is 105 cm³/mol. The van der Waals surface area contributed by atoms with Gasteiger partial charge in [-0.15, -0.1) is 0 Å². The van der Waals surface area contributed by atoms with Crippen LogP contribution in [0.4, 0.5) is 0 Å². The van der Waals surface area contributed by atoms with E-state index in [1.165, 1.54) is 21.3 Å². The Morgan fingerprint density at radius 2 is 1.69 bits per heavy atom. The van der Waals surface area contributed by atoms with Crippen LogP contribution in [0.15, 0.2) is 41.2 Å². The first-order valence-electron chi connectivity index (χ1n) is 8.70. The Morgan fingerprint density at radius 3 is 2.31 bits per heavy atom. The molecule has 4 rings (SSSR count). The summed E-state index contributed by atoms with van der Waals surface area (Å²) in [6.45, 7) is 0. The van der Waals surface area contributed by atoms with E-state index in [1.54, 1.807) is 29.8 Å². The van der Waals surface area contributed by atoms with Gasteiger partial charge in [0.05, 0.1) is 21.3 Å². The third-order valence-corrected chi connectivity index (χ3v) is 4.73. The summed E-state index contributed by atoms with van der Waals surface area (Å²) in [4.78, 5) is 21.3. The van der Waals surface area contributed by atoms with E-state index in [2.05, 4.69) is 9.97 Å². The Hall–Kier alpha value is -3.88. The van der Waals surface area contributed by atoms with Gasteiger partial charge < -0.3 is 24.0 Å². The molecule has 2 heterocycles. The van der Waals surface area contributed by atoms with Crippen molar-refractivity contribution < 1.29 is 18.9 Å². The third-order valence-electron chi connectivity index (χ3n) is 4.73. The molecule has 0 amide bonds. The Kier molecular flexibility index (Phi) is 4.42. The fourth-order valence-electron chi connectivity index (χ4n) is 3.36. The quantitative estimate of drug-likeness (QED) is 0.295. The number of nitrogens with zero attached hydrogens (tertiary/aromatic N) is 4. The van der Waals surface area contributed by atoms with Crippen molar-refractivity contribution in [3.63, 3.8) is 0 Å². The first-order valence-corrected chi connectivity index (χ1v) is 8.70. The molecular formula is C20H18N4O5. The summed E-state index contributed by atoms with van der Waals surface area (Å²) in [5.41, 5.74) is 0.379. The third kappa shape index (κ3) is 2.70. The topological polar surface area (TPSA) is 102 Å². The molecular weight excluding hydrogens is 376 g/mol. The molecule has 9 nitrogen and oxygen atoms in total. The van der Waals surface area contributed by atoms with E-state index in [0.29, 0.717) is 21.6 Å². The van der Waals surface area contributed by atoms with Crippen LogP contribution >= 0.6 is 0 Å². The summed E-state index contributed by atoms with van der Waals surface area (Å²) in [6.07, 6.45) is 0. The molecule has 0 unspecified atom stereocenters. The van der Waals surface area contributed by atoms with Crippen molar-refractivity contribution in [2.75, 3.05) is 21.3 Å². The fourth-order valence-corrected chi connectivity index (χ4v) is 3.36. The number of benzene rings is 2. The van der Waals surface area contributed by atoms with Gasteiger partial charge in [0.25, 0.3) is 5.52 Å². The molecule has 2 aromatic carbocycles. The van der Waals surface area contributed by atoms with E-state index < -0.39 is 5.56 Å². The number of methoxy groups -OCH3 is 3. The molecule has 9 heteroatoms. The van der Waals surface area contributed by atoms with Crippen LogP contribution in [0.3, 0.4) is 0 Å². The minimum Gasteiger partial charge on any atom is -0.617 e. The van der Waals surface area contributed by atoms with Gasteiger partial charge in [0, 0.05) is 18.7 Å². The fraction of sp³-hybridized carbons (Fsp3) is 0.200. The summed E-state index contributed by atoms with van der Waals surface area (Å²) in [5, 5.41) is 13.2. The Balaban J connectivity index is 2.18. The Morgan fingerprint density at radius 1 is 1.00 bits per heavy atom. The zero-order valence-corrected chi connectivity index (χ0v) is 16.3. The minimum absolute atomic E-state index is 0.119. The molecule has 2 aromatic rings. The molecule has 2 aliphatic rings. The molecule has 0 spiro atoms. The van der Waals surface area contributed by atoms with E-state index in [1.807, 2.05) is 18.2 Å². The number of fused-ring (bicyclic) bond motifs is 2. The van der Waals surface area contributed by atoms with E-state index in [-0.39, 0.29) is 34.4 Å². The van der Waals surface area contributed by atoms with E-state index in [9.17, 15) is 10.0 Å². The molecule has 148 valence electrons. The van der Waals surface area contributed by atoms with Crippen molar-refractivity contribution in [3.05, 3.63) is 52.0 Å². The highest BCUT2D eigenvalue weighted by Gasteiger charge is 2.32. The first-order chi connectivity index (χ1) is 14.0. The van der Waals surface area contributed by atoms with Crippen molar-refractivity contribution in [2.24, 2.45) is 7.05 Å². The zero-order valence-electron chi connectivity index (χ0n) is 16.3. The molecule has 0 radical (unpaired) electrons. The molecule has 2 aliphatic heterocycles. The van der Waals surface area contributed by atoms with Gasteiger partial charge >= 0.3 is 11.3 Å². The van der Waals surface area contributed by atoms with Gasteiger partial charge in [0.15, 0.2) is 11.6 Å². The lowest BCUT2D eigenvalue weighted by Crippen LogP contribution is -2.40. The van der Waals surface area contributed by atoms with Crippen molar-refractivity contribution in [1.29, 1.82) is 0 Å². The molecule has 0 saturated carbocycles. The van der Waals surface area contributed by atoms with Gasteiger partial charge in [-0.3, -0.25) is 4.79 Å². The van der Waals surface area contributed by atoms with Gasteiger partial charge in [-0.1, -0.05) is 30.3 Å². The van der Waals surface area contributed by atoms with Gasteiger partial charge in [-0.05, 0) is 0 Å². The van der Waals surface area contributed by atoms with Crippen molar-refractivity contribution in [3.8, 4) is 40.2 Å². The Labute approximate surface area is 165 Å². The van der Waals surface area contributed by atoms with Gasteiger partial charge in [-0.25, -0.2) is 4.98 Å². The maximum absolute atomic E-state index is 13.2. The van der Waals surface area contributed by atoms with E-state index in [0.717, 1.165) is 0 Å². The number of aromatic nitrogens is 4.